The molecule has 0 aliphatic carbocycles. The Hall–Kier alpha value is -2.13. The summed E-state index contributed by atoms with van der Waals surface area (Å²) < 4.78 is 17.9. The van der Waals surface area contributed by atoms with Gasteiger partial charge in [-0.1, -0.05) is 12.1 Å². The molecule has 0 spiro atoms. The van der Waals surface area contributed by atoms with Crippen LogP contribution in [0, 0.1) is 17.1 Å². The van der Waals surface area contributed by atoms with Gasteiger partial charge in [0.05, 0.1) is 12.1 Å². The molecule has 21 heavy (non-hydrogen) atoms. The quantitative estimate of drug-likeness (QED) is 0.834. The zero-order chi connectivity index (χ0) is 16.0. The highest BCUT2D eigenvalue weighted by atomic mass is 19.1. The highest BCUT2D eigenvalue weighted by Gasteiger charge is 2.24. The standard InChI is InChI=1S/C15H19FN2O3/c1-15(2,3)21-14(20)18-12(13(19)9-17)8-10-4-6-11(16)7-5-10/h4-7,12-13,19H,8H2,1-3H3,(H,18,20)/t12-,13?/m0/s1. The fourth-order valence-corrected chi connectivity index (χ4v) is 1.66. The summed E-state index contributed by atoms with van der Waals surface area (Å²) in [6.07, 6.45) is -1.92. The van der Waals surface area contributed by atoms with E-state index in [1.807, 2.05) is 0 Å². The van der Waals surface area contributed by atoms with Crippen molar-refractivity contribution in [1.29, 1.82) is 5.26 Å². The number of alkyl carbamates (subject to hydrolysis) is 1. The van der Waals surface area contributed by atoms with Crippen molar-refractivity contribution in [2.24, 2.45) is 0 Å². The molecule has 0 bridgehead atoms. The van der Waals surface area contributed by atoms with E-state index in [-0.39, 0.29) is 12.2 Å². The fraction of sp³-hybridized carbons (Fsp3) is 0.467. The van der Waals surface area contributed by atoms with Gasteiger partial charge in [-0.05, 0) is 44.9 Å². The van der Waals surface area contributed by atoms with Gasteiger partial charge in [0.2, 0.25) is 0 Å². The third-order valence-electron chi connectivity index (χ3n) is 2.58. The summed E-state index contributed by atoms with van der Waals surface area (Å²) in [4.78, 5) is 11.7. The van der Waals surface area contributed by atoms with Gasteiger partial charge in [-0.2, -0.15) is 5.26 Å². The number of carbonyl (C=O) groups excluding carboxylic acids is 1. The molecule has 0 radical (unpaired) electrons. The molecule has 1 aromatic rings. The van der Waals surface area contributed by atoms with Crippen LogP contribution >= 0.6 is 0 Å². The van der Waals surface area contributed by atoms with E-state index in [0.29, 0.717) is 5.56 Å². The molecule has 0 heterocycles. The van der Waals surface area contributed by atoms with Gasteiger partial charge in [0, 0.05) is 0 Å². The van der Waals surface area contributed by atoms with E-state index in [9.17, 15) is 14.3 Å². The highest BCUT2D eigenvalue weighted by molar-refractivity contribution is 5.68. The number of rotatable bonds is 4. The third kappa shape index (κ3) is 6.23. The summed E-state index contributed by atoms with van der Waals surface area (Å²) in [5.41, 5.74) is 0.00835. The van der Waals surface area contributed by atoms with E-state index >= 15 is 0 Å². The summed E-state index contributed by atoms with van der Waals surface area (Å²) in [5.74, 6) is -0.378. The largest absolute Gasteiger partial charge is 0.444 e. The first kappa shape index (κ1) is 16.9. The van der Waals surface area contributed by atoms with Crippen LogP contribution < -0.4 is 5.32 Å². The SMILES string of the molecule is CC(C)(C)OC(=O)N[C@@H](Cc1ccc(F)cc1)C(O)C#N. The van der Waals surface area contributed by atoms with Gasteiger partial charge in [-0.3, -0.25) is 0 Å². The fourth-order valence-electron chi connectivity index (χ4n) is 1.66. The van der Waals surface area contributed by atoms with Gasteiger partial charge in [0.1, 0.15) is 11.4 Å². The van der Waals surface area contributed by atoms with Crippen LogP contribution in [0.4, 0.5) is 9.18 Å². The molecule has 0 aliphatic rings. The monoisotopic (exact) mass is 294 g/mol. The Morgan fingerprint density at radius 2 is 2.00 bits per heavy atom. The normalized spacial score (nSPS) is 13.9. The van der Waals surface area contributed by atoms with E-state index in [1.54, 1.807) is 26.8 Å². The van der Waals surface area contributed by atoms with Gasteiger partial charge in [0.25, 0.3) is 0 Å². The van der Waals surface area contributed by atoms with Crippen LogP contribution in [0.3, 0.4) is 0 Å². The summed E-state index contributed by atoms with van der Waals surface area (Å²) in [7, 11) is 0. The third-order valence-corrected chi connectivity index (χ3v) is 2.58. The van der Waals surface area contributed by atoms with Crippen molar-refractivity contribution in [3.63, 3.8) is 0 Å². The molecule has 5 nitrogen and oxygen atoms in total. The Morgan fingerprint density at radius 3 is 2.48 bits per heavy atom. The number of nitriles is 1. The number of ether oxygens (including phenoxy) is 1. The lowest BCUT2D eigenvalue weighted by Crippen LogP contribution is -2.46. The Labute approximate surface area is 123 Å². The first-order valence-corrected chi connectivity index (χ1v) is 6.53. The minimum absolute atomic E-state index is 0.189. The minimum Gasteiger partial charge on any atom is -0.444 e. The van der Waals surface area contributed by atoms with Crippen molar-refractivity contribution in [3.05, 3.63) is 35.6 Å². The summed E-state index contributed by atoms with van der Waals surface area (Å²) >= 11 is 0. The average molecular weight is 294 g/mol. The van der Waals surface area contributed by atoms with E-state index in [1.165, 1.54) is 24.3 Å². The molecule has 0 saturated carbocycles. The Bertz CT molecular complexity index is 517. The Morgan fingerprint density at radius 1 is 1.43 bits per heavy atom. The van der Waals surface area contributed by atoms with Crippen LogP contribution in [0.1, 0.15) is 26.3 Å². The van der Waals surface area contributed by atoms with Crippen molar-refractivity contribution in [3.8, 4) is 6.07 Å². The van der Waals surface area contributed by atoms with Crippen LogP contribution in [0.15, 0.2) is 24.3 Å². The zero-order valence-electron chi connectivity index (χ0n) is 12.3. The van der Waals surface area contributed by atoms with Gasteiger partial charge in [0.15, 0.2) is 6.10 Å². The lowest BCUT2D eigenvalue weighted by Gasteiger charge is -2.24. The first-order chi connectivity index (χ1) is 9.71. The number of nitrogens with zero attached hydrogens (tertiary/aromatic N) is 1. The lowest BCUT2D eigenvalue weighted by atomic mass is 10.0. The van der Waals surface area contributed by atoms with Crippen molar-refractivity contribution in [1.82, 2.24) is 5.32 Å². The highest BCUT2D eigenvalue weighted by Crippen LogP contribution is 2.11. The van der Waals surface area contributed by atoms with Gasteiger partial charge < -0.3 is 15.2 Å². The van der Waals surface area contributed by atoms with E-state index < -0.39 is 23.8 Å². The molecule has 0 saturated heterocycles. The van der Waals surface area contributed by atoms with Gasteiger partial charge >= 0.3 is 6.09 Å². The molecule has 114 valence electrons. The number of aliphatic hydroxyl groups is 1. The number of amides is 1. The number of benzene rings is 1. The second kappa shape index (κ2) is 7.04. The molecule has 0 aromatic heterocycles. The molecule has 1 rings (SSSR count). The molecule has 1 aromatic carbocycles. The molecule has 6 heteroatoms. The summed E-state index contributed by atoms with van der Waals surface area (Å²) in [5, 5.41) is 21.0. The predicted octanol–water partition coefficient (Wildman–Crippen LogP) is 2.15. The van der Waals surface area contributed by atoms with Crippen LogP contribution in [0.2, 0.25) is 0 Å². The summed E-state index contributed by atoms with van der Waals surface area (Å²) in [6.45, 7) is 5.13. The number of aliphatic hydroxyl groups excluding tert-OH is 1. The number of halogens is 1. The molecule has 2 N–H and O–H groups in total. The molecule has 0 aliphatic heterocycles. The maximum Gasteiger partial charge on any atom is 0.408 e. The lowest BCUT2D eigenvalue weighted by molar-refractivity contribution is 0.0458. The van der Waals surface area contributed by atoms with Gasteiger partial charge in [-0.15, -0.1) is 0 Å². The molecule has 1 unspecified atom stereocenters. The zero-order valence-corrected chi connectivity index (χ0v) is 12.3. The van der Waals surface area contributed by atoms with Crippen molar-refractivity contribution in [2.75, 3.05) is 0 Å². The second-order valence-corrected chi connectivity index (χ2v) is 5.66. The Balaban J connectivity index is 2.75. The Kier molecular flexibility index (Phi) is 5.68. The van der Waals surface area contributed by atoms with Crippen molar-refractivity contribution < 1.29 is 19.0 Å². The average Bonchev–Trinajstić information content (AvgIpc) is 2.37. The van der Waals surface area contributed by atoms with Crippen LogP contribution in [-0.2, 0) is 11.2 Å². The second-order valence-electron chi connectivity index (χ2n) is 5.66. The number of nitrogens with one attached hydrogen (secondary N) is 1. The molecule has 0 fully saturated rings. The van der Waals surface area contributed by atoms with Crippen LogP contribution in [0.5, 0.6) is 0 Å². The maximum absolute atomic E-state index is 12.9. The van der Waals surface area contributed by atoms with Gasteiger partial charge in [-0.25, -0.2) is 9.18 Å². The molecular formula is C15H19FN2O3. The number of carbonyl (C=O) groups is 1. The van der Waals surface area contributed by atoms with Crippen molar-refractivity contribution in [2.45, 2.75) is 44.9 Å². The molecule has 2 atom stereocenters. The molecule has 1 amide bonds. The maximum atomic E-state index is 12.9. The number of hydrogen-bond acceptors (Lipinski definition) is 4. The number of hydrogen-bond donors (Lipinski definition) is 2. The van der Waals surface area contributed by atoms with E-state index in [4.69, 9.17) is 10.00 Å². The van der Waals surface area contributed by atoms with Crippen LogP contribution in [0.25, 0.3) is 0 Å². The van der Waals surface area contributed by atoms with E-state index in [0.717, 1.165) is 0 Å². The first-order valence-electron chi connectivity index (χ1n) is 6.53. The van der Waals surface area contributed by atoms with E-state index in [2.05, 4.69) is 5.32 Å². The topological polar surface area (TPSA) is 82.3 Å². The smallest absolute Gasteiger partial charge is 0.408 e. The minimum atomic E-state index is -1.39. The molecular weight excluding hydrogens is 275 g/mol. The van der Waals surface area contributed by atoms with Crippen molar-refractivity contribution >= 4 is 6.09 Å². The predicted molar refractivity (Wildman–Crippen MR) is 74.9 cm³/mol. The van der Waals surface area contributed by atoms with Crippen LogP contribution in [-0.4, -0.2) is 28.9 Å². The summed E-state index contributed by atoms with van der Waals surface area (Å²) in [6, 6.07) is 6.45.